The average molecular weight is 453 g/mol. The van der Waals surface area contributed by atoms with Crippen LogP contribution in [0.2, 0.25) is 0 Å². The van der Waals surface area contributed by atoms with E-state index in [0.29, 0.717) is 29.4 Å². The summed E-state index contributed by atoms with van der Waals surface area (Å²) >= 11 is 0. The summed E-state index contributed by atoms with van der Waals surface area (Å²) in [5.74, 6) is 1.42. The Kier molecular flexibility index (Phi) is 5.34. The van der Waals surface area contributed by atoms with Gasteiger partial charge in [-0.05, 0) is 43.5 Å². The second kappa shape index (κ2) is 8.08. The van der Waals surface area contributed by atoms with Crippen LogP contribution in [0.3, 0.4) is 0 Å². The molecule has 2 aliphatic heterocycles. The number of fused-ring (bicyclic) bond motifs is 1. The van der Waals surface area contributed by atoms with E-state index in [-0.39, 0.29) is 35.4 Å². The van der Waals surface area contributed by atoms with Crippen LogP contribution in [0.15, 0.2) is 24.3 Å². The molecule has 1 aromatic heterocycles. The minimum atomic E-state index is -0.0698. The van der Waals surface area contributed by atoms with Crippen molar-refractivity contribution in [3.8, 4) is 22.8 Å². The standard InChI is InChI=1S/C25H32N4O4/c1-15(30)29-16-13-25(2)22(7-5-6-8-23(25)29)28(14-16)24(31)20-12-19(26-27-20)18-11-17(32-3)9-10-21(18)33-4/h9-12,16,22-23H,5-8,13-14H2,1-4H3,(H,26,27)/t16-,22+,23-,25+/m0/s1. The molecule has 176 valence electrons. The molecule has 2 amide bonds. The minimum Gasteiger partial charge on any atom is -0.497 e. The Morgan fingerprint density at radius 3 is 2.58 bits per heavy atom. The molecule has 1 aliphatic carbocycles. The van der Waals surface area contributed by atoms with Crippen LogP contribution >= 0.6 is 0 Å². The molecule has 5 rings (SSSR count). The quantitative estimate of drug-likeness (QED) is 0.767. The van der Waals surface area contributed by atoms with E-state index in [1.165, 1.54) is 0 Å². The van der Waals surface area contributed by atoms with Crippen LogP contribution in [-0.2, 0) is 4.79 Å². The first-order valence-corrected chi connectivity index (χ1v) is 11.7. The lowest BCUT2D eigenvalue weighted by Gasteiger charge is -2.46. The molecule has 1 saturated carbocycles. The third kappa shape index (κ3) is 3.38. The smallest absolute Gasteiger partial charge is 0.272 e. The van der Waals surface area contributed by atoms with Gasteiger partial charge >= 0.3 is 0 Å². The molecule has 1 aromatic carbocycles. The van der Waals surface area contributed by atoms with Gasteiger partial charge in [-0.3, -0.25) is 14.7 Å². The normalized spacial score (nSPS) is 28.4. The number of hydrogen-bond donors (Lipinski definition) is 1. The first kappa shape index (κ1) is 21.8. The number of nitrogens with one attached hydrogen (secondary N) is 1. The first-order valence-electron chi connectivity index (χ1n) is 11.7. The van der Waals surface area contributed by atoms with E-state index in [1.807, 2.05) is 23.1 Å². The largest absolute Gasteiger partial charge is 0.497 e. The van der Waals surface area contributed by atoms with Crippen molar-refractivity contribution in [2.75, 3.05) is 20.8 Å². The molecule has 0 radical (unpaired) electrons. The highest BCUT2D eigenvalue weighted by atomic mass is 16.5. The number of rotatable bonds is 4. The first-order chi connectivity index (χ1) is 15.9. The maximum atomic E-state index is 13.8. The van der Waals surface area contributed by atoms with Gasteiger partial charge in [-0.2, -0.15) is 5.10 Å². The van der Waals surface area contributed by atoms with Gasteiger partial charge in [0.25, 0.3) is 5.91 Å². The molecule has 1 N–H and O–H groups in total. The monoisotopic (exact) mass is 452 g/mol. The lowest BCUT2D eigenvalue weighted by molar-refractivity contribution is -0.132. The molecule has 2 bridgehead atoms. The number of piperidine rings is 1. The van der Waals surface area contributed by atoms with Gasteiger partial charge in [0.05, 0.1) is 26.0 Å². The van der Waals surface area contributed by atoms with Gasteiger partial charge in [-0.25, -0.2) is 0 Å². The lowest BCUT2D eigenvalue weighted by atomic mass is 9.71. The number of ether oxygens (including phenoxy) is 2. The van der Waals surface area contributed by atoms with Crippen LogP contribution < -0.4 is 9.47 Å². The fourth-order valence-electron chi connectivity index (χ4n) is 6.60. The minimum absolute atomic E-state index is 0.0532. The molecule has 2 aromatic rings. The number of likely N-dealkylation sites (tertiary alicyclic amines) is 2. The van der Waals surface area contributed by atoms with Crippen LogP contribution in [0.25, 0.3) is 11.3 Å². The van der Waals surface area contributed by atoms with Crippen molar-refractivity contribution in [3.63, 3.8) is 0 Å². The van der Waals surface area contributed by atoms with Crippen molar-refractivity contribution in [1.29, 1.82) is 0 Å². The van der Waals surface area contributed by atoms with E-state index in [0.717, 1.165) is 37.7 Å². The molecule has 3 fully saturated rings. The SMILES string of the molecule is COc1ccc(OC)c(-c2cc(C(=O)N3C[C@@H]4C[C@@]5(C)[C@H](CCCC[C@@H]35)N4C(C)=O)[nH]n2)c1. The van der Waals surface area contributed by atoms with Crippen molar-refractivity contribution >= 4 is 11.8 Å². The van der Waals surface area contributed by atoms with Crippen molar-refractivity contribution < 1.29 is 19.1 Å². The lowest BCUT2D eigenvalue weighted by Crippen LogP contribution is -2.55. The number of aromatic amines is 1. The van der Waals surface area contributed by atoms with Crippen LogP contribution in [-0.4, -0.2) is 70.7 Å². The molecular formula is C25H32N4O4. The zero-order chi connectivity index (χ0) is 23.3. The number of amides is 2. The fourth-order valence-corrected chi connectivity index (χ4v) is 6.60. The highest BCUT2D eigenvalue weighted by molar-refractivity contribution is 5.94. The highest BCUT2D eigenvalue weighted by Gasteiger charge is 2.60. The summed E-state index contributed by atoms with van der Waals surface area (Å²) in [6.07, 6.45) is 5.14. The van der Waals surface area contributed by atoms with E-state index >= 15 is 0 Å². The summed E-state index contributed by atoms with van der Waals surface area (Å²) in [6, 6.07) is 7.71. The molecule has 33 heavy (non-hydrogen) atoms. The maximum Gasteiger partial charge on any atom is 0.272 e. The molecule has 3 aliphatic rings. The van der Waals surface area contributed by atoms with E-state index < -0.39 is 0 Å². The summed E-state index contributed by atoms with van der Waals surface area (Å²) in [5, 5.41) is 7.38. The van der Waals surface area contributed by atoms with Crippen molar-refractivity contribution in [2.24, 2.45) is 5.41 Å². The van der Waals surface area contributed by atoms with E-state index in [9.17, 15) is 9.59 Å². The third-order valence-electron chi connectivity index (χ3n) is 8.03. The van der Waals surface area contributed by atoms with Crippen LogP contribution in [0.5, 0.6) is 11.5 Å². The number of carbonyl (C=O) groups is 2. The number of hydrogen-bond acceptors (Lipinski definition) is 5. The fraction of sp³-hybridized carbons (Fsp3) is 0.560. The van der Waals surface area contributed by atoms with Crippen molar-refractivity contribution in [3.05, 3.63) is 30.0 Å². The van der Waals surface area contributed by atoms with Gasteiger partial charge in [0.1, 0.15) is 17.2 Å². The summed E-state index contributed by atoms with van der Waals surface area (Å²) in [7, 11) is 3.22. The van der Waals surface area contributed by atoms with Gasteiger partial charge in [0.2, 0.25) is 5.91 Å². The Morgan fingerprint density at radius 1 is 1.12 bits per heavy atom. The highest BCUT2D eigenvalue weighted by Crippen LogP contribution is 2.53. The topological polar surface area (TPSA) is 87.8 Å². The predicted octanol–water partition coefficient (Wildman–Crippen LogP) is 3.49. The van der Waals surface area contributed by atoms with E-state index in [2.05, 4.69) is 22.0 Å². The van der Waals surface area contributed by atoms with Gasteiger partial charge in [-0.1, -0.05) is 19.8 Å². The zero-order valence-corrected chi connectivity index (χ0v) is 19.8. The Bertz CT molecular complexity index is 1080. The predicted molar refractivity (Wildman–Crippen MR) is 123 cm³/mol. The molecule has 4 atom stereocenters. The molecule has 8 heteroatoms. The number of methoxy groups -OCH3 is 2. The zero-order valence-electron chi connectivity index (χ0n) is 19.8. The van der Waals surface area contributed by atoms with Crippen LogP contribution in [0.1, 0.15) is 56.4 Å². The molecule has 2 saturated heterocycles. The second-order valence-corrected chi connectivity index (χ2v) is 9.80. The van der Waals surface area contributed by atoms with E-state index in [1.54, 1.807) is 27.2 Å². The molecule has 3 heterocycles. The number of carbonyl (C=O) groups excluding carboxylic acids is 2. The number of benzene rings is 1. The van der Waals surface area contributed by atoms with E-state index in [4.69, 9.17) is 9.47 Å². The molecule has 0 spiro atoms. The average Bonchev–Trinajstić information content (AvgIpc) is 3.34. The Hall–Kier alpha value is -3.03. The van der Waals surface area contributed by atoms with Gasteiger partial charge in [-0.15, -0.1) is 0 Å². The third-order valence-corrected chi connectivity index (χ3v) is 8.03. The second-order valence-electron chi connectivity index (χ2n) is 9.80. The van der Waals surface area contributed by atoms with Crippen molar-refractivity contribution in [2.45, 2.75) is 64.1 Å². The van der Waals surface area contributed by atoms with Crippen LogP contribution in [0, 0.1) is 5.41 Å². The summed E-state index contributed by atoms with van der Waals surface area (Å²) in [5.41, 5.74) is 1.77. The summed E-state index contributed by atoms with van der Waals surface area (Å²) in [6.45, 7) is 4.52. The Balaban J connectivity index is 1.48. The van der Waals surface area contributed by atoms with Crippen LogP contribution in [0.4, 0.5) is 0 Å². The molecule has 8 nitrogen and oxygen atoms in total. The Morgan fingerprint density at radius 2 is 1.88 bits per heavy atom. The maximum absolute atomic E-state index is 13.8. The van der Waals surface area contributed by atoms with Gasteiger partial charge in [0.15, 0.2) is 0 Å². The van der Waals surface area contributed by atoms with Gasteiger partial charge in [0, 0.05) is 36.5 Å². The number of nitrogens with zero attached hydrogens (tertiary/aromatic N) is 3. The van der Waals surface area contributed by atoms with Gasteiger partial charge < -0.3 is 19.3 Å². The molecule has 0 unspecified atom stereocenters. The summed E-state index contributed by atoms with van der Waals surface area (Å²) < 4.78 is 10.8. The Labute approximate surface area is 194 Å². The number of aromatic nitrogens is 2. The number of H-pyrrole nitrogens is 1. The molecular weight excluding hydrogens is 420 g/mol. The summed E-state index contributed by atoms with van der Waals surface area (Å²) in [4.78, 5) is 30.4. The van der Waals surface area contributed by atoms with Crippen molar-refractivity contribution in [1.82, 2.24) is 20.0 Å².